The van der Waals surface area contributed by atoms with Crippen LogP contribution >= 0.6 is 0 Å². The lowest BCUT2D eigenvalue weighted by Gasteiger charge is -2.23. The zero-order valence-electron chi connectivity index (χ0n) is 9.80. The molecule has 90 valence electrons. The van der Waals surface area contributed by atoms with Gasteiger partial charge in [-0.3, -0.25) is 0 Å². The average molecular weight is 231 g/mol. The molecule has 2 aromatic rings. The summed E-state index contributed by atoms with van der Waals surface area (Å²) in [5, 5.41) is 1.11. The standard InChI is InChI=1S/C13H17N3O/c14-6-1-8-16(10-2-3-10)13-11-5-9-17-12(11)4-7-15-13/h4-5,7,9-10H,1-3,6,8,14H2. The fourth-order valence-corrected chi connectivity index (χ4v) is 2.22. The Kier molecular flexibility index (Phi) is 2.73. The fraction of sp³-hybridized carbons (Fsp3) is 0.462. The third-order valence-corrected chi connectivity index (χ3v) is 3.22. The molecule has 0 bridgehead atoms. The van der Waals surface area contributed by atoms with Crippen LogP contribution in [0.4, 0.5) is 5.82 Å². The predicted octanol–water partition coefficient (Wildman–Crippen LogP) is 2.15. The van der Waals surface area contributed by atoms with Gasteiger partial charge in [0.1, 0.15) is 11.4 Å². The minimum absolute atomic E-state index is 0.648. The van der Waals surface area contributed by atoms with Crippen LogP contribution in [0.3, 0.4) is 0 Å². The fourth-order valence-electron chi connectivity index (χ4n) is 2.22. The van der Waals surface area contributed by atoms with Crippen molar-refractivity contribution < 1.29 is 4.42 Å². The number of hydrogen-bond acceptors (Lipinski definition) is 4. The number of anilines is 1. The molecule has 2 heterocycles. The number of nitrogens with two attached hydrogens (primary N) is 1. The largest absolute Gasteiger partial charge is 0.464 e. The molecule has 0 unspecified atom stereocenters. The van der Waals surface area contributed by atoms with Crippen molar-refractivity contribution in [3.05, 3.63) is 24.6 Å². The topological polar surface area (TPSA) is 55.3 Å². The van der Waals surface area contributed by atoms with Gasteiger partial charge >= 0.3 is 0 Å². The molecule has 0 atom stereocenters. The van der Waals surface area contributed by atoms with Gasteiger partial charge in [0, 0.05) is 18.8 Å². The van der Waals surface area contributed by atoms with Gasteiger partial charge in [-0.25, -0.2) is 4.98 Å². The summed E-state index contributed by atoms with van der Waals surface area (Å²) in [6, 6.07) is 4.55. The normalized spacial score (nSPS) is 15.4. The Morgan fingerprint density at radius 1 is 1.41 bits per heavy atom. The molecule has 1 fully saturated rings. The summed E-state index contributed by atoms with van der Waals surface area (Å²) >= 11 is 0. The lowest BCUT2D eigenvalue weighted by Crippen LogP contribution is -2.29. The molecule has 2 aromatic heterocycles. The van der Waals surface area contributed by atoms with Crippen LogP contribution in [0, 0.1) is 0 Å². The highest BCUT2D eigenvalue weighted by atomic mass is 16.3. The molecule has 0 spiro atoms. The molecule has 0 radical (unpaired) electrons. The van der Waals surface area contributed by atoms with E-state index in [9.17, 15) is 0 Å². The highest BCUT2D eigenvalue weighted by Crippen LogP contribution is 2.34. The number of rotatable bonds is 5. The van der Waals surface area contributed by atoms with Crippen molar-refractivity contribution in [2.45, 2.75) is 25.3 Å². The van der Waals surface area contributed by atoms with Gasteiger partial charge < -0.3 is 15.1 Å². The maximum absolute atomic E-state index is 5.60. The van der Waals surface area contributed by atoms with Crippen LogP contribution in [-0.2, 0) is 0 Å². The Bertz CT molecular complexity index is 504. The SMILES string of the molecule is NCCCN(c1nccc2occc12)C1CC1. The van der Waals surface area contributed by atoms with Gasteiger partial charge in [-0.05, 0) is 37.9 Å². The van der Waals surface area contributed by atoms with Crippen molar-refractivity contribution in [2.75, 3.05) is 18.0 Å². The Labute approximate surface area is 100 Å². The molecule has 1 aliphatic rings. The van der Waals surface area contributed by atoms with Gasteiger partial charge in [-0.2, -0.15) is 0 Å². The maximum atomic E-state index is 5.60. The van der Waals surface area contributed by atoms with E-state index in [1.807, 2.05) is 18.3 Å². The zero-order valence-corrected chi connectivity index (χ0v) is 9.80. The van der Waals surface area contributed by atoms with Crippen LogP contribution in [0.5, 0.6) is 0 Å². The minimum atomic E-state index is 0.648. The molecule has 17 heavy (non-hydrogen) atoms. The van der Waals surface area contributed by atoms with Crippen molar-refractivity contribution in [3.8, 4) is 0 Å². The summed E-state index contributed by atoms with van der Waals surface area (Å²) in [7, 11) is 0. The van der Waals surface area contributed by atoms with Crippen molar-refractivity contribution in [1.29, 1.82) is 0 Å². The summed E-state index contributed by atoms with van der Waals surface area (Å²) in [6.07, 6.45) is 7.08. The maximum Gasteiger partial charge on any atom is 0.139 e. The molecule has 0 saturated heterocycles. The monoisotopic (exact) mass is 231 g/mol. The second-order valence-corrected chi connectivity index (χ2v) is 4.53. The molecule has 4 heteroatoms. The molecule has 1 aliphatic carbocycles. The third kappa shape index (κ3) is 2.00. The quantitative estimate of drug-likeness (QED) is 0.856. The van der Waals surface area contributed by atoms with E-state index in [0.717, 1.165) is 36.3 Å². The van der Waals surface area contributed by atoms with Crippen LogP contribution < -0.4 is 10.6 Å². The number of hydrogen-bond donors (Lipinski definition) is 1. The lowest BCUT2D eigenvalue weighted by molar-refractivity contribution is 0.615. The number of fused-ring (bicyclic) bond motifs is 1. The van der Waals surface area contributed by atoms with Crippen molar-refractivity contribution in [1.82, 2.24) is 4.98 Å². The van der Waals surface area contributed by atoms with E-state index >= 15 is 0 Å². The number of furan rings is 1. The first-order chi connectivity index (χ1) is 8.40. The van der Waals surface area contributed by atoms with Gasteiger partial charge in [0.2, 0.25) is 0 Å². The second-order valence-electron chi connectivity index (χ2n) is 4.53. The average Bonchev–Trinajstić information content (AvgIpc) is 3.07. The first-order valence-electron chi connectivity index (χ1n) is 6.19. The Morgan fingerprint density at radius 3 is 3.06 bits per heavy atom. The summed E-state index contributed by atoms with van der Waals surface area (Å²) in [5.74, 6) is 1.05. The molecule has 2 N–H and O–H groups in total. The van der Waals surface area contributed by atoms with E-state index in [4.69, 9.17) is 10.2 Å². The van der Waals surface area contributed by atoms with Crippen LogP contribution in [0.2, 0.25) is 0 Å². The molecule has 0 aliphatic heterocycles. The van der Waals surface area contributed by atoms with E-state index in [1.165, 1.54) is 12.8 Å². The number of nitrogens with zero attached hydrogens (tertiary/aromatic N) is 2. The first kappa shape index (κ1) is 10.6. The van der Waals surface area contributed by atoms with E-state index in [1.54, 1.807) is 6.26 Å². The van der Waals surface area contributed by atoms with Gasteiger partial charge in [-0.1, -0.05) is 0 Å². The van der Waals surface area contributed by atoms with Gasteiger partial charge in [0.25, 0.3) is 0 Å². The van der Waals surface area contributed by atoms with Crippen molar-refractivity contribution in [2.24, 2.45) is 5.73 Å². The Balaban J connectivity index is 1.96. The van der Waals surface area contributed by atoms with Gasteiger partial charge in [0.05, 0.1) is 11.6 Å². The Hall–Kier alpha value is -1.55. The molecular weight excluding hydrogens is 214 g/mol. The van der Waals surface area contributed by atoms with Crippen molar-refractivity contribution in [3.63, 3.8) is 0 Å². The highest BCUT2D eigenvalue weighted by molar-refractivity contribution is 5.88. The van der Waals surface area contributed by atoms with E-state index < -0.39 is 0 Å². The van der Waals surface area contributed by atoms with Gasteiger partial charge in [0.15, 0.2) is 0 Å². The molecule has 4 nitrogen and oxygen atoms in total. The summed E-state index contributed by atoms with van der Waals surface area (Å²) in [4.78, 5) is 6.90. The third-order valence-electron chi connectivity index (χ3n) is 3.22. The predicted molar refractivity (Wildman–Crippen MR) is 68.0 cm³/mol. The molecule has 1 saturated carbocycles. The second kappa shape index (κ2) is 4.37. The summed E-state index contributed by atoms with van der Waals surface area (Å²) in [5.41, 5.74) is 6.51. The smallest absolute Gasteiger partial charge is 0.139 e. The van der Waals surface area contributed by atoms with Crippen LogP contribution in [0.25, 0.3) is 11.0 Å². The molecular formula is C13H17N3O. The Morgan fingerprint density at radius 2 is 2.29 bits per heavy atom. The van der Waals surface area contributed by atoms with E-state index in [2.05, 4.69) is 9.88 Å². The van der Waals surface area contributed by atoms with Crippen LogP contribution in [0.15, 0.2) is 29.0 Å². The van der Waals surface area contributed by atoms with E-state index in [0.29, 0.717) is 6.04 Å². The van der Waals surface area contributed by atoms with Crippen LogP contribution in [0.1, 0.15) is 19.3 Å². The number of aromatic nitrogens is 1. The van der Waals surface area contributed by atoms with Crippen molar-refractivity contribution >= 4 is 16.8 Å². The van der Waals surface area contributed by atoms with Crippen LogP contribution in [-0.4, -0.2) is 24.1 Å². The van der Waals surface area contributed by atoms with E-state index in [-0.39, 0.29) is 0 Å². The zero-order chi connectivity index (χ0) is 11.7. The molecule has 0 amide bonds. The summed E-state index contributed by atoms with van der Waals surface area (Å²) in [6.45, 7) is 1.71. The minimum Gasteiger partial charge on any atom is -0.464 e. The lowest BCUT2D eigenvalue weighted by atomic mass is 10.2. The first-order valence-corrected chi connectivity index (χ1v) is 6.19. The summed E-state index contributed by atoms with van der Waals surface area (Å²) < 4.78 is 5.42. The highest BCUT2D eigenvalue weighted by Gasteiger charge is 2.30. The van der Waals surface area contributed by atoms with Gasteiger partial charge in [-0.15, -0.1) is 0 Å². The molecule has 0 aromatic carbocycles. The number of pyridine rings is 1. The molecule has 3 rings (SSSR count).